The smallest absolute Gasteiger partial charge is 0.230 e. The van der Waals surface area contributed by atoms with Crippen molar-refractivity contribution in [2.24, 2.45) is 5.41 Å². The SMILES string of the molecule is COCC1(CNC(=O)C2(c3ccc(F)cc3)CCCC2)CCNCC1.Cl. The first kappa shape index (κ1) is 21.1. The van der Waals surface area contributed by atoms with Gasteiger partial charge in [0.2, 0.25) is 5.91 Å². The maximum Gasteiger partial charge on any atom is 0.230 e. The second kappa shape index (κ2) is 9.16. The van der Waals surface area contributed by atoms with Crippen LogP contribution in [0.4, 0.5) is 4.39 Å². The standard InChI is InChI=1S/C20H29FN2O2.ClH/c1-25-15-19(10-12-22-13-11-19)14-23-18(24)20(8-2-3-9-20)16-4-6-17(21)7-5-16;/h4-7,22H,2-3,8-15H2,1H3,(H,23,24);1H. The molecule has 6 heteroatoms. The third kappa shape index (κ3) is 4.38. The lowest BCUT2D eigenvalue weighted by molar-refractivity contribution is -0.127. The molecule has 3 rings (SSSR count). The van der Waals surface area contributed by atoms with Crippen LogP contribution in [-0.2, 0) is 14.9 Å². The Bertz CT molecular complexity index is 576. The van der Waals surface area contributed by atoms with Gasteiger partial charge in [0.05, 0.1) is 12.0 Å². The highest BCUT2D eigenvalue weighted by Gasteiger charge is 2.43. The summed E-state index contributed by atoms with van der Waals surface area (Å²) in [5, 5.41) is 6.61. The molecule has 1 aliphatic carbocycles. The van der Waals surface area contributed by atoms with Gasteiger partial charge in [-0.05, 0) is 56.5 Å². The number of piperidine rings is 1. The quantitative estimate of drug-likeness (QED) is 0.791. The van der Waals surface area contributed by atoms with Gasteiger partial charge in [0.1, 0.15) is 5.82 Å². The van der Waals surface area contributed by atoms with Crippen molar-refractivity contribution in [3.8, 4) is 0 Å². The van der Waals surface area contributed by atoms with E-state index in [4.69, 9.17) is 4.74 Å². The summed E-state index contributed by atoms with van der Waals surface area (Å²) >= 11 is 0. The number of amides is 1. The molecule has 0 bridgehead atoms. The lowest BCUT2D eigenvalue weighted by Gasteiger charge is -2.38. The van der Waals surface area contributed by atoms with Crippen molar-refractivity contribution in [1.82, 2.24) is 10.6 Å². The maximum atomic E-state index is 13.3. The molecule has 4 nitrogen and oxygen atoms in total. The zero-order valence-electron chi connectivity index (χ0n) is 15.5. The molecule has 1 aromatic rings. The van der Waals surface area contributed by atoms with Gasteiger partial charge >= 0.3 is 0 Å². The number of nitrogens with one attached hydrogen (secondary N) is 2. The molecule has 1 saturated carbocycles. The Labute approximate surface area is 161 Å². The average molecular weight is 385 g/mol. The molecule has 146 valence electrons. The third-order valence-corrected chi connectivity index (χ3v) is 6.03. The first-order valence-corrected chi connectivity index (χ1v) is 9.34. The first-order chi connectivity index (χ1) is 12.1. The fraction of sp³-hybridized carbons (Fsp3) is 0.650. The molecule has 0 atom stereocenters. The predicted molar refractivity (Wildman–Crippen MR) is 103 cm³/mol. The van der Waals surface area contributed by atoms with Crippen LogP contribution in [0.25, 0.3) is 0 Å². The highest BCUT2D eigenvalue weighted by atomic mass is 35.5. The number of halogens is 2. The molecule has 1 aliphatic heterocycles. The van der Waals surface area contributed by atoms with Crippen molar-refractivity contribution >= 4 is 18.3 Å². The summed E-state index contributed by atoms with van der Waals surface area (Å²) in [6, 6.07) is 6.47. The average Bonchev–Trinajstić information content (AvgIpc) is 3.12. The molecule has 26 heavy (non-hydrogen) atoms. The molecule has 2 fully saturated rings. The van der Waals surface area contributed by atoms with E-state index < -0.39 is 5.41 Å². The number of rotatable bonds is 6. The molecule has 1 aromatic carbocycles. The number of benzene rings is 1. The summed E-state index contributed by atoms with van der Waals surface area (Å²) in [4.78, 5) is 13.2. The Morgan fingerprint density at radius 3 is 2.35 bits per heavy atom. The normalized spacial score (nSPS) is 21.0. The molecule has 0 aromatic heterocycles. The van der Waals surface area contributed by atoms with E-state index in [1.54, 1.807) is 19.2 Å². The van der Waals surface area contributed by atoms with E-state index in [1.807, 2.05) is 0 Å². The fourth-order valence-corrected chi connectivity index (χ4v) is 4.47. The van der Waals surface area contributed by atoms with Crippen molar-refractivity contribution in [1.29, 1.82) is 0 Å². The van der Waals surface area contributed by atoms with E-state index in [0.29, 0.717) is 13.2 Å². The molecule has 2 aliphatic rings. The van der Waals surface area contributed by atoms with Gasteiger partial charge in [-0.15, -0.1) is 12.4 Å². The predicted octanol–water partition coefficient (Wildman–Crippen LogP) is 3.19. The van der Waals surface area contributed by atoms with Crippen LogP contribution in [0.5, 0.6) is 0 Å². The third-order valence-electron chi connectivity index (χ3n) is 6.03. The highest BCUT2D eigenvalue weighted by Crippen LogP contribution is 2.41. The Hall–Kier alpha value is -1.17. The zero-order valence-corrected chi connectivity index (χ0v) is 16.3. The summed E-state index contributed by atoms with van der Waals surface area (Å²) < 4.78 is 18.7. The number of carbonyl (C=O) groups is 1. The van der Waals surface area contributed by atoms with E-state index >= 15 is 0 Å². The van der Waals surface area contributed by atoms with E-state index in [9.17, 15) is 9.18 Å². The van der Waals surface area contributed by atoms with Crippen LogP contribution in [-0.4, -0.2) is 39.3 Å². The minimum absolute atomic E-state index is 0. The van der Waals surface area contributed by atoms with Crippen LogP contribution in [0.1, 0.15) is 44.1 Å². The van der Waals surface area contributed by atoms with Crippen LogP contribution in [0.15, 0.2) is 24.3 Å². The molecule has 2 N–H and O–H groups in total. The lowest BCUT2D eigenvalue weighted by atomic mass is 9.76. The Morgan fingerprint density at radius 2 is 1.77 bits per heavy atom. The van der Waals surface area contributed by atoms with Gasteiger partial charge < -0.3 is 15.4 Å². The molecular formula is C20H30ClFN2O2. The molecule has 0 spiro atoms. The summed E-state index contributed by atoms with van der Waals surface area (Å²) in [5.74, 6) is -0.170. The molecule has 1 saturated heterocycles. The summed E-state index contributed by atoms with van der Waals surface area (Å²) in [6.45, 7) is 3.23. The highest BCUT2D eigenvalue weighted by molar-refractivity contribution is 5.88. The van der Waals surface area contributed by atoms with E-state index in [2.05, 4.69) is 10.6 Å². The van der Waals surface area contributed by atoms with Crippen LogP contribution < -0.4 is 10.6 Å². The minimum Gasteiger partial charge on any atom is -0.384 e. The van der Waals surface area contributed by atoms with Crippen molar-refractivity contribution in [3.63, 3.8) is 0 Å². The topological polar surface area (TPSA) is 50.4 Å². The molecular weight excluding hydrogens is 355 g/mol. The number of hydrogen-bond donors (Lipinski definition) is 2. The van der Waals surface area contributed by atoms with Gasteiger partial charge in [-0.25, -0.2) is 4.39 Å². The number of hydrogen-bond acceptors (Lipinski definition) is 3. The maximum absolute atomic E-state index is 13.3. The Balaban J connectivity index is 0.00000243. The Kier molecular flexibility index (Phi) is 7.44. The molecule has 1 heterocycles. The van der Waals surface area contributed by atoms with Crippen LogP contribution in [0.3, 0.4) is 0 Å². The van der Waals surface area contributed by atoms with Gasteiger partial charge in [-0.1, -0.05) is 25.0 Å². The van der Waals surface area contributed by atoms with Gasteiger partial charge in [0, 0.05) is 19.1 Å². The van der Waals surface area contributed by atoms with Gasteiger partial charge in [0.25, 0.3) is 0 Å². The molecule has 0 radical (unpaired) electrons. The van der Waals surface area contributed by atoms with Crippen LogP contribution >= 0.6 is 12.4 Å². The second-order valence-corrected chi connectivity index (χ2v) is 7.66. The number of methoxy groups -OCH3 is 1. The molecule has 1 amide bonds. The summed E-state index contributed by atoms with van der Waals surface area (Å²) in [6.07, 6.45) is 5.76. The van der Waals surface area contributed by atoms with E-state index in [-0.39, 0.29) is 29.5 Å². The first-order valence-electron chi connectivity index (χ1n) is 9.34. The Morgan fingerprint density at radius 1 is 1.15 bits per heavy atom. The minimum atomic E-state index is -0.505. The van der Waals surface area contributed by atoms with Crippen molar-refractivity contribution in [2.75, 3.05) is 33.4 Å². The number of ether oxygens (including phenoxy) is 1. The van der Waals surface area contributed by atoms with E-state index in [1.165, 1.54) is 12.1 Å². The number of carbonyl (C=O) groups excluding carboxylic acids is 1. The van der Waals surface area contributed by atoms with Crippen molar-refractivity contribution in [2.45, 2.75) is 43.9 Å². The fourth-order valence-electron chi connectivity index (χ4n) is 4.47. The van der Waals surface area contributed by atoms with Crippen LogP contribution in [0.2, 0.25) is 0 Å². The summed E-state index contributed by atoms with van der Waals surface area (Å²) in [5.41, 5.74) is 0.447. The van der Waals surface area contributed by atoms with Gasteiger partial charge in [0.15, 0.2) is 0 Å². The van der Waals surface area contributed by atoms with Gasteiger partial charge in [-0.2, -0.15) is 0 Å². The monoisotopic (exact) mass is 384 g/mol. The summed E-state index contributed by atoms with van der Waals surface area (Å²) in [7, 11) is 1.72. The molecule has 0 unspecified atom stereocenters. The van der Waals surface area contributed by atoms with Crippen LogP contribution in [0, 0.1) is 11.2 Å². The second-order valence-electron chi connectivity index (χ2n) is 7.66. The lowest BCUT2D eigenvalue weighted by Crippen LogP contribution is -2.51. The van der Waals surface area contributed by atoms with E-state index in [0.717, 1.165) is 57.2 Å². The van der Waals surface area contributed by atoms with Crippen molar-refractivity contribution in [3.05, 3.63) is 35.6 Å². The largest absolute Gasteiger partial charge is 0.384 e. The zero-order chi connectivity index (χ0) is 17.8. The van der Waals surface area contributed by atoms with Crippen molar-refractivity contribution < 1.29 is 13.9 Å². The van der Waals surface area contributed by atoms with Gasteiger partial charge in [-0.3, -0.25) is 4.79 Å².